The number of benzene rings is 1. The zero-order chi connectivity index (χ0) is 13.9. The second-order valence-electron chi connectivity index (χ2n) is 5.15. The summed E-state index contributed by atoms with van der Waals surface area (Å²) >= 11 is 6.11. The van der Waals surface area contributed by atoms with Gasteiger partial charge in [0.2, 0.25) is 0 Å². The van der Waals surface area contributed by atoms with Crippen molar-refractivity contribution in [3.8, 4) is 0 Å². The van der Waals surface area contributed by atoms with E-state index in [1.54, 1.807) is 0 Å². The minimum Gasteiger partial charge on any atom is -0.481 e. The molecule has 0 spiro atoms. The van der Waals surface area contributed by atoms with E-state index in [9.17, 15) is 9.90 Å². The molecule has 4 nitrogen and oxygen atoms in total. The molecule has 1 aliphatic rings. The Hall–Kier alpha value is -1.10. The summed E-state index contributed by atoms with van der Waals surface area (Å²) in [6, 6.07) is 7.61. The highest BCUT2D eigenvalue weighted by atomic mass is 35.5. The SMILES string of the molecule is CN(Cc1ccccc1Cl)CC1(C(=O)O)CCOC1. The lowest BCUT2D eigenvalue weighted by Gasteiger charge is -2.28. The summed E-state index contributed by atoms with van der Waals surface area (Å²) in [6.45, 7) is 1.91. The van der Waals surface area contributed by atoms with Crippen LogP contribution < -0.4 is 0 Å². The quantitative estimate of drug-likeness (QED) is 0.901. The Balaban J connectivity index is 2.03. The molecule has 19 heavy (non-hydrogen) atoms. The number of hydrogen-bond donors (Lipinski definition) is 1. The first kappa shape index (κ1) is 14.3. The van der Waals surface area contributed by atoms with Crippen molar-refractivity contribution in [3.63, 3.8) is 0 Å². The Morgan fingerprint density at radius 2 is 2.26 bits per heavy atom. The number of carboxylic acids is 1. The van der Waals surface area contributed by atoms with Crippen LogP contribution in [-0.2, 0) is 16.1 Å². The fourth-order valence-electron chi connectivity index (χ4n) is 2.46. The van der Waals surface area contributed by atoms with Gasteiger partial charge in [-0.3, -0.25) is 4.79 Å². The largest absolute Gasteiger partial charge is 0.481 e. The van der Waals surface area contributed by atoms with E-state index < -0.39 is 11.4 Å². The van der Waals surface area contributed by atoms with E-state index in [0.717, 1.165) is 5.56 Å². The van der Waals surface area contributed by atoms with Gasteiger partial charge in [0.1, 0.15) is 5.41 Å². The standard InChI is InChI=1S/C14H18ClNO3/c1-16(8-11-4-2-3-5-12(11)15)9-14(13(17)18)6-7-19-10-14/h2-5H,6-10H2,1H3,(H,17,18). The summed E-state index contributed by atoms with van der Waals surface area (Å²) in [6.07, 6.45) is 0.565. The van der Waals surface area contributed by atoms with E-state index in [1.807, 2.05) is 36.2 Å². The van der Waals surface area contributed by atoms with Crippen molar-refractivity contribution < 1.29 is 14.6 Å². The normalized spacial score (nSPS) is 22.9. The summed E-state index contributed by atoms with van der Waals surface area (Å²) in [7, 11) is 1.91. The molecule has 5 heteroatoms. The zero-order valence-electron chi connectivity index (χ0n) is 10.9. The number of halogens is 1. The van der Waals surface area contributed by atoms with E-state index in [0.29, 0.717) is 31.1 Å². The van der Waals surface area contributed by atoms with Crippen molar-refractivity contribution >= 4 is 17.6 Å². The van der Waals surface area contributed by atoms with Gasteiger partial charge >= 0.3 is 5.97 Å². The molecule has 1 fully saturated rings. The van der Waals surface area contributed by atoms with Gasteiger partial charge in [-0.05, 0) is 25.1 Å². The highest BCUT2D eigenvalue weighted by molar-refractivity contribution is 6.31. The van der Waals surface area contributed by atoms with E-state index in [2.05, 4.69) is 0 Å². The number of hydrogen-bond acceptors (Lipinski definition) is 3. The molecule has 0 bridgehead atoms. The van der Waals surface area contributed by atoms with Crippen molar-refractivity contribution in [1.82, 2.24) is 4.90 Å². The van der Waals surface area contributed by atoms with Crippen LogP contribution in [0.1, 0.15) is 12.0 Å². The third-order valence-electron chi connectivity index (χ3n) is 3.53. The second-order valence-corrected chi connectivity index (χ2v) is 5.56. The highest BCUT2D eigenvalue weighted by Crippen LogP contribution is 2.30. The molecule has 0 radical (unpaired) electrons. The minimum absolute atomic E-state index is 0.287. The molecule has 1 aromatic rings. The lowest BCUT2D eigenvalue weighted by Crippen LogP contribution is -2.42. The molecule has 104 valence electrons. The molecular weight excluding hydrogens is 266 g/mol. The lowest BCUT2D eigenvalue weighted by molar-refractivity contribution is -0.150. The molecule has 0 aromatic heterocycles. The maximum atomic E-state index is 11.4. The highest BCUT2D eigenvalue weighted by Gasteiger charge is 2.43. The van der Waals surface area contributed by atoms with Crippen molar-refractivity contribution in [3.05, 3.63) is 34.9 Å². The number of aliphatic carboxylic acids is 1. The maximum Gasteiger partial charge on any atom is 0.313 e. The predicted molar refractivity (Wildman–Crippen MR) is 73.3 cm³/mol. The molecule has 1 N–H and O–H groups in total. The molecule has 1 atom stereocenters. The average molecular weight is 284 g/mol. The van der Waals surface area contributed by atoms with Gasteiger partial charge in [0, 0.05) is 24.7 Å². The van der Waals surface area contributed by atoms with Gasteiger partial charge in [-0.2, -0.15) is 0 Å². The molecule has 0 amide bonds. The first-order chi connectivity index (χ1) is 9.03. The van der Waals surface area contributed by atoms with Gasteiger partial charge in [0.15, 0.2) is 0 Å². The van der Waals surface area contributed by atoms with E-state index in [-0.39, 0.29) is 6.61 Å². The minimum atomic E-state index is -0.782. The van der Waals surface area contributed by atoms with E-state index in [1.165, 1.54) is 0 Å². The number of rotatable bonds is 5. The Bertz CT molecular complexity index is 458. The molecule has 1 saturated heterocycles. The van der Waals surface area contributed by atoms with Gasteiger partial charge < -0.3 is 14.7 Å². The van der Waals surface area contributed by atoms with Crippen LogP contribution in [0.5, 0.6) is 0 Å². The van der Waals surface area contributed by atoms with Crippen LogP contribution in [-0.4, -0.2) is 42.8 Å². The summed E-state index contributed by atoms with van der Waals surface area (Å²) in [5, 5.41) is 10.1. The molecule has 0 saturated carbocycles. The third-order valence-corrected chi connectivity index (χ3v) is 3.90. The fourth-order valence-corrected chi connectivity index (χ4v) is 2.65. The molecule has 2 rings (SSSR count). The smallest absolute Gasteiger partial charge is 0.313 e. The molecular formula is C14H18ClNO3. The van der Waals surface area contributed by atoms with Crippen LogP contribution in [0.15, 0.2) is 24.3 Å². The van der Waals surface area contributed by atoms with Crippen molar-refractivity contribution in [1.29, 1.82) is 0 Å². The van der Waals surface area contributed by atoms with Crippen LogP contribution in [0.2, 0.25) is 5.02 Å². The van der Waals surface area contributed by atoms with E-state index in [4.69, 9.17) is 16.3 Å². The third kappa shape index (κ3) is 3.26. The molecule has 1 heterocycles. The van der Waals surface area contributed by atoms with Crippen LogP contribution in [0.4, 0.5) is 0 Å². The van der Waals surface area contributed by atoms with Gasteiger partial charge in [0.25, 0.3) is 0 Å². The second kappa shape index (κ2) is 5.90. The molecule has 0 aliphatic carbocycles. The Kier molecular flexibility index (Phi) is 4.45. The van der Waals surface area contributed by atoms with Gasteiger partial charge in [0.05, 0.1) is 6.61 Å². The Morgan fingerprint density at radius 3 is 2.84 bits per heavy atom. The van der Waals surface area contributed by atoms with E-state index >= 15 is 0 Å². The topological polar surface area (TPSA) is 49.8 Å². The van der Waals surface area contributed by atoms with Gasteiger partial charge in [-0.25, -0.2) is 0 Å². The molecule has 1 aliphatic heterocycles. The van der Waals surface area contributed by atoms with Crippen molar-refractivity contribution in [2.75, 3.05) is 26.8 Å². The van der Waals surface area contributed by atoms with Crippen LogP contribution >= 0.6 is 11.6 Å². The number of carbonyl (C=O) groups is 1. The number of carboxylic acid groups (broad SMARTS) is 1. The molecule has 1 unspecified atom stereocenters. The number of ether oxygens (including phenoxy) is 1. The van der Waals surface area contributed by atoms with Crippen LogP contribution in [0, 0.1) is 5.41 Å². The summed E-state index contributed by atoms with van der Waals surface area (Å²) in [5.74, 6) is -0.781. The number of nitrogens with zero attached hydrogens (tertiary/aromatic N) is 1. The Morgan fingerprint density at radius 1 is 1.53 bits per heavy atom. The average Bonchev–Trinajstić information content (AvgIpc) is 2.82. The van der Waals surface area contributed by atoms with Gasteiger partial charge in [-0.15, -0.1) is 0 Å². The van der Waals surface area contributed by atoms with Crippen LogP contribution in [0.3, 0.4) is 0 Å². The zero-order valence-corrected chi connectivity index (χ0v) is 11.7. The molecule has 1 aromatic carbocycles. The maximum absolute atomic E-state index is 11.4. The first-order valence-corrected chi connectivity index (χ1v) is 6.64. The van der Waals surface area contributed by atoms with Gasteiger partial charge in [-0.1, -0.05) is 29.8 Å². The first-order valence-electron chi connectivity index (χ1n) is 6.27. The summed E-state index contributed by atoms with van der Waals surface area (Å²) < 4.78 is 5.26. The summed E-state index contributed by atoms with van der Waals surface area (Å²) in [5.41, 5.74) is 0.224. The Labute approximate surface area is 117 Å². The monoisotopic (exact) mass is 283 g/mol. The lowest BCUT2D eigenvalue weighted by atomic mass is 9.87. The predicted octanol–water partition coefficient (Wildman–Crippen LogP) is 2.26. The van der Waals surface area contributed by atoms with Crippen molar-refractivity contribution in [2.45, 2.75) is 13.0 Å². The van der Waals surface area contributed by atoms with Crippen molar-refractivity contribution in [2.24, 2.45) is 5.41 Å². The fraction of sp³-hybridized carbons (Fsp3) is 0.500. The summed E-state index contributed by atoms with van der Waals surface area (Å²) in [4.78, 5) is 13.4. The van der Waals surface area contributed by atoms with Crippen LogP contribution in [0.25, 0.3) is 0 Å².